The Morgan fingerprint density at radius 3 is 2.21 bits per heavy atom. The average molecular weight is 273 g/mol. The first-order valence-corrected chi connectivity index (χ1v) is 6.30. The summed E-state index contributed by atoms with van der Waals surface area (Å²) >= 11 is 0. The monoisotopic (exact) mass is 273 g/mol. The van der Waals surface area contributed by atoms with Crippen LogP contribution in [0.25, 0.3) is 0 Å². The average Bonchev–Trinajstić information content (AvgIpc) is 2.45. The van der Waals surface area contributed by atoms with Crippen molar-refractivity contribution in [3.05, 3.63) is 0 Å². The van der Waals surface area contributed by atoms with Gasteiger partial charge in [-0.25, -0.2) is 4.79 Å². The smallest absolute Gasteiger partial charge is 0.413 e. The molecule has 108 valence electrons. The van der Waals surface area contributed by atoms with Gasteiger partial charge in [-0.15, -0.1) is 0 Å². The molecule has 0 aromatic heterocycles. The summed E-state index contributed by atoms with van der Waals surface area (Å²) in [6.45, 7) is 3.16. The molecule has 1 heterocycles. The summed E-state index contributed by atoms with van der Waals surface area (Å²) in [6.07, 6.45) is 0.635. The molecule has 0 aromatic rings. The minimum Gasteiger partial charge on any atom is -0.469 e. The van der Waals surface area contributed by atoms with Crippen LogP contribution in [0.4, 0.5) is 4.79 Å². The van der Waals surface area contributed by atoms with Gasteiger partial charge in [0.15, 0.2) is 6.04 Å². The topological polar surface area (TPSA) is 86.1 Å². The van der Waals surface area contributed by atoms with Gasteiger partial charge in [-0.1, -0.05) is 0 Å². The number of amides is 2. The molecule has 1 aliphatic heterocycles. The first-order valence-electron chi connectivity index (χ1n) is 6.30. The maximum absolute atomic E-state index is 11.8. The van der Waals surface area contributed by atoms with Crippen LogP contribution in [0, 0.1) is 5.92 Å². The summed E-state index contributed by atoms with van der Waals surface area (Å²) in [6, 6.07) is -0.349. The van der Waals surface area contributed by atoms with Gasteiger partial charge >= 0.3 is 12.1 Å². The standard InChI is InChI=1S/C12H20N2O5/c1-8(10(15)13-12(17)19-3)14-6-4-9(5-7-14)11(16)18-2/h8-9H,4-7H2,1-3H3,(H,13,15,17)/p+1/t8-/m1/s1. The van der Waals surface area contributed by atoms with Crippen molar-refractivity contribution in [2.45, 2.75) is 25.8 Å². The van der Waals surface area contributed by atoms with E-state index >= 15 is 0 Å². The van der Waals surface area contributed by atoms with Crippen LogP contribution in [0.5, 0.6) is 0 Å². The van der Waals surface area contributed by atoms with E-state index in [0.717, 1.165) is 4.90 Å². The van der Waals surface area contributed by atoms with E-state index in [-0.39, 0.29) is 23.8 Å². The van der Waals surface area contributed by atoms with Gasteiger partial charge in [0.05, 0.1) is 33.2 Å². The summed E-state index contributed by atoms with van der Waals surface area (Å²) in [7, 11) is 2.59. The molecule has 1 aliphatic rings. The van der Waals surface area contributed by atoms with Gasteiger partial charge in [-0.2, -0.15) is 0 Å². The summed E-state index contributed by atoms with van der Waals surface area (Å²) in [5.41, 5.74) is 0. The third kappa shape index (κ3) is 4.20. The van der Waals surface area contributed by atoms with Gasteiger partial charge in [0.1, 0.15) is 0 Å². The molecule has 0 aliphatic carbocycles. The second-order valence-corrected chi connectivity index (χ2v) is 4.66. The van der Waals surface area contributed by atoms with Crippen molar-refractivity contribution in [1.29, 1.82) is 0 Å². The molecule has 1 saturated heterocycles. The number of ether oxygens (including phenoxy) is 2. The predicted molar refractivity (Wildman–Crippen MR) is 65.4 cm³/mol. The lowest BCUT2D eigenvalue weighted by Crippen LogP contribution is -3.17. The molecule has 0 bridgehead atoms. The third-order valence-corrected chi connectivity index (χ3v) is 3.58. The molecule has 7 heteroatoms. The van der Waals surface area contributed by atoms with E-state index in [9.17, 15) is 14.4 Å². The highest BCUT2D eigenvalue weighted by atomic mass is 16.5. The maximum atomic E-state index is 11.8. The number of imide groups is 1. The molecule has 0 unspecified atom stereocenters. The van der Waals surface area contributed by atoms with Crippen LogP contribution >= 0.6 is 0 Å². The number of piperidine rings is 1. The molecule has 0 aromatic carbocycles. The summed E-state index contributed by atoms with van der Waals surface area (Å²) in [5, 5.41) is 2.16. The van der Waals surface area contributed by atoms with Crippen molar-refractivity contribution in [3.8, 4) is 0 Å². The number of methoxy groups -OCH3 is 2. The van der Waals surface area contributed by atoms with Crippen molar-refractivity contribution in [2.24, 2.45) is 5.92 Å². The van der Waals surface area contributed by atoms with Crippen LogP contribution in [0.2, 0.25) is 0 Å². The van der Waals surface area contributed by atoms with Crippen LogP contribution < -0.4 is 10.2 Å². The van der Waals surface area contributed by atoms with Gasteiger partial charge in [0, 0.05) is 12.8 Å². The fraction of sp³-hybridized carbons (Fsp3) is 0.750. The van der Waals surface area contributed by atoms with Crippen LogP contribution in [0.3, 0.4) is 0 Å². The predicted octanol–water partition coefficient (Wildman–Crippen LogP) is -1.27. The van der Waals surface area contributed by atoms with Crippen molar-refractivity contribution in [3.63, 3.8) is 0 Å². The molecule has 2 N–H and O–H groups in total. The minimum absolute atomic E-state index is 0.0791. The number of rotatable bonds is 3. The van der Waals surface area contributed by atoms with Crippen molar-refractivity contribution >= 4 is 18.0 Å². The van der Waals surface area contributed by atoms with Crippen LogP contribution in [-0.4, -0.2) is 51.3 Å². The molecule has 0 saturated carbocycles. The summed E-state index contributed by atoms with van der Waals surface area (Å²) in [4.78, 5) is 35.2. The zero-order valence-electron chi connectivity index (χ0n) is 11.5. The minimum atomic E-state index is -0.749. The lowest BCUT2D eigenvalue weighted by molar-refractivity contribution is -0.919. The first kappa shape index (κ1) is 15.4. The van der Waals surface area contributed by atoms with E-state index in [1.54, 1.807) is 6.92 Å². The highest BCUT2D eigenvalue weighted by Gasteiger charge is 2.33. The maximum Gasteiger partial charge on any atom is 0.413 e. The quantitative estimate of drug-likeness (QED) is 0.626. The molecular weight excluding hydrogens is 252 g/mol. The van der Waals surface area contributed by atoms with Crippen LogP contribution in [-0.2, 0) is 19.1 Å². The van der Waals surface area contributed by atoms with Gasteiger partial charge in [-0.05, 0) is 6.92 Å². The molecule has 7 nitrogen and oxygen atoms in total. The molecule has 0 spiro atoms. The SMILES string of the molecule is COC(=O)NC(=O)[C@@H](C)[NH+]1CCC(C(=O)OC)CC1. The fourth-order valence-electron chi connectivity index (χ4n) is 2.27. The summed E-state index contributed by atoms with van der Waals surface area (Å²) in [5.74, 6) is -0.631. The zero-order valence-corrected chi connectivity index (χ0v) is 11.5. The molecule has 1 rings (SSSR count). The Bertz CT molecular complexity index is 350. The molecule has 2 amide bonds. The normalized spacial score (nSPS) is 24.2. The Balaban J connectivity index is 2.44. The Hall–Kier alpha value is -1.63. The van der Waals surface area contributed by atoms with Gasteiger partial charge < -0.3 is 14.4 Å². The summed E-state index contributed by atoms with van der Waals surface area (Å²) < 4.78 is 9.09. The number of carbonyl (C=O) groups excluding carboxylic acids is 3. The van der Waals surface area contributed by atoms with Crippen LogP contribution in [0.1, 0.15) is 19.8 Å². The number of hydrogen-bond donors (Lipinski definition) is 2. The lowest BCUT2D eigenvalue weighted by Gasteiger charge is -2.31. The van der Waals surface area contributed by atoms with Crippen molar-refractivity contribution < 1.29 is 28.8 Å². The number of alkyl carbamates (subject to hydrolysis) is 1. The second-order valence-electron chi connectivity index (χ2n) is 4.66. The van der Waals surface area contributed by atoms with E-state index in [2.05, 4.69) is 10.1 Å². The van der Waals surface area contributed by atoms with Gasteiger partial charge in [-0.3, -0.25) is 14.9 Å². The molecule has 19 heavy (non-hydrogen) atoms. The Labute approximate surface area is 112 Å². The molecule has 0 radical (unpaired) electrons. The Kier molecular flexibility index (Phi) is 5.75. The molecular formula is C12H21N2O5+. The van der Waals surface area contributed by atoms with E-state index < -0.39 is 6.09 Å². The van der Waals surface area contributed by atoms with E-state index in [1.165, 1.54) is 14.2 Å². The van der Waals surface area contributed by atoms with E-state index in [4.69, 9.17) is 4.74 Å². The zero-order chi connectivity index (χ0) is 14.4. The molecule has 1 atom stereocenters. The number of hydrogen-bond acceptors (Lipinski definition) is 5. The number of esters is 1. The largest absolute Gasteiger partial charge is 0.469 e. The number of carbonyl (C=O) groups is 3. The van der Waals surface area contributed by atoms with Gasteiger partial charge in [0.25, 0.3) is 5.91 Å². The fourth-order valence-corrected chi connectivity index (χ4v) is 2.27. The lowest BCUT2D eigenvalue weighted by atomic mass is 9.96. The van der Waals surface area contributed by atoms with Gasteiger partial charge in [0.2, 0.25) is 0 Å². The molecule has 1 fully saturated rings. The Morgan fingerprint density at radius 2 is 1.74 bits per heavy atom. The first-order chi connectivity index (χ1) is 8.99. The van der Waals surface area contributed by atoms with Crippen LogP contribution in [0.15, 0.2) is 0 Å². The second kappa shape index (κ2) is 7.08. The number of nitrogens with one attached hydrogen (secondary N) is 2. The third-order valence-electron chi connectivity index (χ3n) is 3.58. The number of quaternary nitrogens is 1. The van der Waals surface area contributed by atoms with Crippen molar-refractivity contribution in [1.82, 2.24) is 5.32 Å². The number of likely N-dealkylation sites (tertiary alicyclic amines) is 1. The van der Waals surface area contributed by atoms with Crippen molar-refractivity contribution in [2.75, 3.05) is 27.3 Å². The Morgan fingerprint density at radius 1 is 1.16 bits per heavy atom. The highest BCUT2D eigenvalue weighted by Crippen LogP contribution is 2.11. The van der Waals surface area contributed by atoms with E-state index in [0.29, 0.717) is 25.9 Å². The van der Waals surface area contributed by atoms with E-state index in [1.807, 2.05) is 0 Å². The highest BCUT2D eigenvalue weighted by molar-refractivity contribution is 5.93.